The van der Waals surface area contributed by atoms with E-state index in [1.807, 2.05) is 140 Å². The van der Waals surface area contributed by atoms with Gasteiger partial charge in [-0.05, 0) is 137 Å². The van der Waals surface area contributed by atoms with E-state index in [4.69, 9.17) is 8.22 Å². The predicted molar refractivity (Wildman–Crippen MR) is 269 cm³/mol. The van der Waals surface area contributed by atoms with Crippen LogP contribution in [0.4, 0.5) is 17.1 Å². The Kier molecular flexibility index (Phi) is 6.57. The fourth-order valence-corrected chi connectivity index (χ4v) is 8.02. The quantitative estimate of drug-likeness (QED) is 0.140. The number of hydrogen-bond donors (Lipinski definition) is 0. The van der Waals surface area contributed by atoms with E-state index in [2.05, 4.69) is 0 Å². The van der Waals surface area contributed by atoms with Crippen LogP contribution in [0.3, 0.4) is 0 Å². The van der Waals surface area contributed by atoms with Gasteiger partial charge < -0.3 is 4.90 Å². The summed E-state index contributed by atoms with van der Waals surface area (Å²) in [6, 6.07) is 43.5. The van der Waals surface area contributed by atoms with Gasteiger partial charge in [0.25, 0.3) is 0 Å². The normalized spacial score (nSPS) is 14.5. The first-order chi connectivity index (χ1) is 37.5. The van der Waals surface area contributed by atoms with Crippen molar-refractivity contribution in [1.82, 2.24) is 0 Å². The molecule has 0 atom stereocenters. The van der Waals surface area contributed by atoms with Crippen molar-refractivity contribution in [3.63, 3.8) is 0 Å². The average Bonchev–Trinajstić information content (AvgIpc) is 3.64. The van der Waals surface area contributed by atoms with Crippen LogP contribution in [0.1, 0.15) is 20.6 Å². The van der Waals surface area contributed by atoms with Crippen LogP contribution in [0.2, 0.25) is 0 Å². The fourth-order valence-electron chi connectivity index (χ4n) is 8.02. The minimum absolute atomic E-state index is 0.0217. The Bertz CT molecular complexity index is 4190. The van der Waals surface area contributed by atoms with Crippen LogP contribution in [0, 0.1) is 0 Å². The Morgan fingerprint density at radius 3 is 1.44 bits per heavy atom. The van der Waals surface area contributed by atoms with Crippen LogP contribution in [0.25, 0.3) is 88.3 Å². The van der Waals surface area contributed by atoms with Crippen LogP contribution < -0.4 is 4.90 Å². The third kappa shape index (κ3) is 7.47. The molecule has 0 aliphatic rings. The first-order valence-corrected chi connectivity index (χ1v) is 20.5. The lowest BCUT2D eigenvalue weighted by atomic mass is 9.89. The number of benzene rings is 11. The van der Waals surface area contributed by atoms with E-state index in [1.54, 1.807) is 30.3 Å². The zero-order valence-corrected chi connectivity index (χ0v) is 33.6. The summed E-state index contributed by atoms with van der Waals surface area (Å²) in [5.74, 6) is 0. The SMILES string of the molecule is [2H]c1c([2H])c(N(c2ccc(-c3c(-c4ccccc4)ccc4ccccc34)cc2)c2c([2H])c([2H])c(-c3c([2H])c([2H])c4c([2H])c([2H])c([2H])c([2H])c4c3[2H])c([2H])c2[2H])c([2H])c([2H])c1-c1ccc(-c2ccccc2)c(-c2ccccc2)c1. The largest absolute Gasteiger partial charge is 0.311 e. The Balaban J connectivity index is 1.16. The van der Waals surface area contributed by atoms with Crippen LogP contribution in [-0.4, -0.2) is 0 Å². The van der Waals surface area contributed by atoms with Crippen molar-refractivity contribution in [3.8, 4) is 66.8 Å². The highest BCUT2D eigenvalue weighted by molar-refractivity contribution is 6.04. The van der Waals surface area contributed by atoms with Crippen molar-refractivity contribution in [2.24, 2.45) is 0 Å². The lowest BCUT2D eigenvalue weighted by Gasteiger charge is -2.26. The Morgan fingerprint density at radius 2 is 0.794 bits per heavy atom. The van der Waals surface area contributed by atoms with Gasteiger partial charge in [0.15, 0.2) is 0 Å². The number of rotatable bonds is 9. The van der Waals surface area contributed by atoms with Gasteiger partial charge in [0.2, 0.25) is 0 Å². The molecule has 1 nitrogen and oxygen atoms in total. The van der Waals surface area contributed by atoms with E-state index in [1.165, 1.54) is 4.90 Å². The standard InChI is InChI=1S/C62H43N/c1-4-15-47(16-5-1)58-40-33-54(43-61(58)49-19-8-3-9-20-49)46-28-36-56(37-29-46)63(55-34-26-45(27-35-55)53-25-24-44-14-10-11-22-52(44)42-53)57-38-30-51(31-39-57)62-59-23-13-12-21-50(59)32-41-60(62)48-17-6-2-7-18-48/h1-43H/i10D,11D,14D,22D,24D,25D,26D,27D,28D,29D,34D,35D,36D,37D,42D. The average molecular weight is 817 g/mol. The third-order valence-corrected chi connectivity index (χ3v) is 11.1. The number of nitrogens with zero attached hydrogens (tertiary/aromatic N) is 1. The highest BCUT2D eigenvalue weighted by Crippen LogP contribution is 2.42. The van der Waals surface area contributed by atoms with Crippen molar-refractivity contribution in [2.45, 2.75) is 0 Å². The molecule has 0 saturated carbocycles. The summed E-state index contributed by atoms with van der Waals surface area (Å²) in [4.78, 5) is 1.17. The van der Waals surface area contributed by atoms with Crippen molar-refractivity contribution < 1.29 is 20.6 Å². The maximum absolute atomic E-state index is 9.81. The van der Waals surface area contributed by atoms with Gasteiger partial charge in [-0.2, -0.15) is 0 Å². The van der Waals surface area contributed by atoms with E-state index < -0.39 is 124 Å². The number of hydrogen-bond acceptors (Lipinski definition) is 1. The molecule has 0 saturated heterocycles. The highest BCUT2D eigenvalue weighted by Gasteiger charge is 2.17. The molecule has 0 fully saturated rings. The van der Waals surface area contributed by atoms with Gasteiger partial charge in [-0.1, -0.05) is 212 Å². The first kappa shape index (κ1) is 24.9. The summed E-state index contributed by atoms with van der Waals surface area (Å²) in [6.45, 7) is 0. The summed E-state index contributed by atoms with van der Waals surface area (Å²) in [7, 11) is 0. The molecule has 1 heteroatoms. The van der Waals surface area contributed by atoms with Crippen LogP contribution in [0.5, 0.6) is 0 Å². The molecule has 0 spiro atoms. The minimum Gasteiger partial charge on any atom is -0.311 e. The molecule has 0 unspecified atom stereocenters. The van der Waals surface area contributed by atoms with E-state index in [0.29, 0.717) is 5.56 Å². The van der Waals surface area contributed by atoms with E-state index in [-0.39, 0.29) is 11.3 Å². The van der Waals surface area contributed by atoms with Gasteiger partial charge in [0.05, 0.1) is 20.6 Å². The van der Waals surface area contributed by atoms with Gasteiger partial charge in [-0.3, -0.25) is 0 Å². The predicted octanol–water partition coefficient (Wildman–Crippen LogP) is 17.5. The number of anilines is 3. The van der Waals surface area contributed by atoms with Gasteiger partial charge >= 0.3 is 0 Å². The lowest BCUT2D eigenvalue weighted by Crippen LogP contribution is -2.09. The smallest absolute Gasteiger partial charge is 0.0645 e. The zero-order chi connectivity index (χ0) is 55.0. The highest BCUT2D eigenvalue weighted by atomic mass is 15.1. The molecular weight excluding hydrogens is 759 g/mol. The van der Waals surface area contributed by atoms with Gasteiger partial charge in [0.1, 0.15) is 0 Å². The molecule has 0 aliphatic carbocycles. The van der Waals surface area contributed by atoms with Gasteiger partial charge in [-0.15, -0.1) is 0 Å². The van der Waals surface area contributed by atoms with Crippen molar-refractivity contribution in [2.75, 3.05) is 4.90 Å². The molecule has 0 heterocycles. The third-order valence-electron chi connectivity index (χ3n) is 11.1. The monoisotopic (exact) mass is 816 g/mol. The summed E-state index contributed by atoms with van der Waals surface area (Å²) in [6.07, 6.45) is 0. The first-order valence-electron chi connectivity index (χ1n) is 28.0. The molecule has 63 heavy (non-hydrogen) atoms. The van der Waals surface area contributed by atoms with Crippen LogP contribution in [0.15, 0.2) is 260 Å². The summed E-state index contributed by atoms with van der Waals surface area (Å²) in [5.41, 5.74) is 5.42. The van der Waals surface area contributed by atoms with Gasteiger partial charge in [-0.25, -0.2) is 0 Å². The second kappa shape index (κ2) is 16.7. The number of fused-ring (bicyclic) bond motifs is 2. The topological polar surface area (TPSA) is 3.24 Å². The molecule has 0 radical (unpaired) electrons. The Hall–Kier alpha value is -8.26. The molecule has 11 aromatic carbocycles. The Morgan fingerprint density at radius 1 is 0.286 bits per heavy atom. The molecule has 296 valence electrons. The van der Waals surface area contributed by atoms with Crippen LogP contribution in [-0.2, 0) is 0 Å². The molecule has 0 bridgehead atoms. The zero-order valence-electron chi connectivity index (χ0n) is 48.6. The molecular formula is C62H43N. The molecule has 0 amide bonds. The Labute approximate surface area is 390 Å². The fraction of sp³-hybridized carbons (Fsp3) is 0. The van der Waals surface area contributed by atoms with E-state index >= 15 is 0 Å². The van der Waals surface area contributed by atoms with Crippen LogP contribution >= 0.6 is 0 Å². The van der Waals surface area contributed by atoms with Gasteiger partial charge in [0, 0.05) is 17.1 Å². The van der Waals surface area contributed by atoms with Crippen molar-refractivity contribution in [1.29, 1.82) is 0 Å². The minimum atomic E-state index is -0.795. The van der Waals surface area contributed by atoms with Crippen molar-refractivity contribution in [3.05, 3.63) is 260 Å². The lowest BCUT2D eigenvalue weighted by molar-refractivity contribution is 1.28. The van der Waals surface area contributed by atoms with Crippen molar-refractivity contribution >= 4 is 38.6 Å². The maximum atomic E-state index is 9.81. The molecule has 0 N–H and O–H groups in total. The van der Waals surface area contributed by atoms with E-state index in [0.717, 1.165) is 55.3 Å². The molecule has 11 rings (SSSR count). The second-order valence-electron chi connectivity index (χ2n) is 14.9. The molecule has 0 aliphatic heterocycles. The maximum Gasteiger partial charge on any atom is 0.0645 e. The second-order valence-corrected chi connectivity index (χ2v) is 14.9. The molecule has 0 aromatic heterocycles. The summed E-state index contributed by atoms with van der Waals surface area (Å²) in [5, 5.41) is 1.09. The summed E-state index contributed by atoms with van der Waals surface area (Å²) < 4.78 is 138. The van der Waals surface area contributed by atoms with E-state index in [9.17, 15) is 12.3 Å². The molecule has 11 aromatic rings. The summed E-state index contributed by atoms with van der Waals surface area (Å²) >= 11 is 0.